The summed E-state index contributed by atoms with van der Waals surface area (Å²) in [7, 11) is 3.61. The Morgan fingerprint density at radius 3 is 2.81 bits per heavy atom. The van der Waals surface area contributed by atoms with Crippen LogP contribution in [0, 0.1) is 5.41 Å². The number of methoxy groups -OCH3 is 1. The topological polar surface area (TPSA) is 76.4 Å². The summed E-state index contributed by atoms with van der Waals surface area (Å²) >= 11 is 0. The molecule has 148 valence electrons. The van der Waals surface area contributed by atoms with Gasteiger partial charge in [0, 0.05) is 51.5 Å². The lowest BCUT2D eigenvalue weighted by atomic mass is 9.64. The average Bonchev–Trinajstić information content (AvgIpc) is 2.83. The Hall–Kier alpha value is -0.900. The molecule has 7 nitrogen and oxygen atoms in total. The highest BCUT2D eigenvalue weighted by atomic mass is 127. The second-order valence-corrected chi connectivity index (χ2v) is 7.72. The van der Waals surface area contributed by atoms with Crippen molar-refractivity contribution in [1.29, 1.82) is 0 Å². The van der Waals surface area contributed by atoms with Crippen LogP contribution in [0.15, 0.2) is 4.99 Å². The van der Waals surface area contributed by atoms with Crippen LogP contribution in [0.25, 0.3) is 0 Å². The minimum atomic E-state index is 0. The molecule has 2 heterocycles. The van der Waals surface area contributed by atoms with Crippen molar-refractivity contribution < 1.29 is 4.74 Å². The van der Waals surface area contributed by atoms with Crippen LogP contribution in [0.3, 0.4) is 0 Å². The van der Waals surface area contributed by atoms with E-state index in [4.69, 9.17) is 4.74 Å². The van der Waals surface area contributed by atoms with Gasteiger partial charge in [-0.25, -0.2) is 0 Å². The minimum Gasteiger partial charge on any atom is -0.381 e. The second-order valence-electron chi connectivity index (χ2n) is 7.72. The molecule has 0 spiro atoms. The van der Waals surface area contributed by atoms with E-state index in [0.717, 1.165) is 50.0 Å². The number of aromatic nitrogens is 3. The third kappa shape index (κ3) is 4.49. The van der Waals surface area contributed by atoms with E-state index in [0.29, 0.717) is 12.1 Å². The summed E-state index contributed by atoms with van der Waals surface area (Å²) in [6.07, 6.45) is 7.00. The molecule has 2 N–H and O–H groups in total. The number of hydrogen-bond donors (Lipinski definition) is 2. The monoisotopic (exact) mass is 476 g/mol. The van der Waals surface area contributed by atoms with Crippen molar-refractivity contribution in [2.24, 2.45) is 10.4 Å². The third-order valence-electron chi connectivity index (χ3n) is 5.82. The smallest absolute Gasteiger partial charge is 0.191 e. The van der Waals surface area contributed by atoms with Crippen LogP contribution in [-0.4, -0.2) is 53.6 Å². The van der Waals surface area contributed by atoms with Gasteiger partial charge in [-0.3, -0.25) is 4.99 Å². The molecule has 26 heavy (non-hydrogen) atoms. The molecule has 0 saturated heterocycles. The van der Waals surface area contributed by atoms with Gasteiger partial charge in [0.15, 0.2) is 5.96 Å². The molecule has 0 bridgehead atoms. The van der Waals surface area contributed by atoms with E-state index >= 15 is 0 Å². The van der Waals surface area contributed by atoms with Gasteiger partial charge in [0.1, 0.15) is 11.6 Å². The van der Waals surface area contributed by atoms with E-state index in [9.17, 15) is 0 Å². The van der Waals surface area contributed by atoms with Crippen molar-refractivity contribution in [2.45, 2.75) is 71.1 Å². The number of fused-ring (bicyclic) bond motifs is 1. The standard InChI is InChI=1S/C18H32N6O.HI/c1-18(2)13(12-14(18)25-4)21-17(19-3)20-10-9-16-23-22-15-8-6-5-7-11-24(15)16;/h13-14H,5-12H2,1-4H3,(H2,19,20,21);1H. The number of ether oxygens (including phenoxy) is 1. The highest BCUT2D eigenvalue weighted by Crippen LogP contribution is 2.42. The Labute approximate surface area is 173 Å². The Kier molecular flexibility index (Phi) is 7.69. The molecule has 0 aromatic carbocycles. The molecule has 2 unspecified atom stereocenters. The van der Waals surface area contributed by atoms with Crippen molar-refractivity contribution in [3.63, 3.8) is 0 Å². The molecule has 0 amide bonds. The zero-order valence-electron chi connectivity index (χ0n) is 16.4. The van der Waals surface area contributed by atoms with Crippen LogP contribution in [0.5, 0.6) is 0 Å². The highest BCUT2D eigenvalue weighted by Gasteiger charge is 2.48. The van der Waals surface area contributed by atoms with Crippen molar-refractivity contribution in [2.75, 3.05) is 20.7 Å². The largest absolute Gasteiger partial charge is 0.381 e. The summed E-state index contributed by atoms with van der Waals surface area (Å²) in [5.41, 5.74) is 0.122. The van der Waals surface area contributed by atoms with Gasteiger partial charge in [0.05, 0.1) is 6.10 Å². The zero-order valence-corrected chi connectivity index (χ0v) is 18.7. The lowest BCUT2D eigenvalue weighted by Gasteiger charge is -2.51. The maximum absolute atomic E-state index is 5.52. The molecular weight excluding hydrogens is 443 g/mol. The summed E-state index contributed by atoms with van der Waals surface area (Å²) in [6, 6.07) is 0.382. The molecule has 1 fully saturated rings. The van der Waals surface area contributed by atoms with E-state index < -0.39 is 0 Å². The summed E-state index contributed by atoms with van der Waals surface area (Å²) < 4.78 is 7.83. The first-order valence-electron chi connectivity index (χ1n) is 9.47. The Morgan fingerprint density at radius 1 is 1.31 bits per heavy atom. The van der Waals surface area contributed by atoms with Crippen molar-refractivity contribution in [3.8, 4) is 0 Å². The fraction of sp³-hybridized carbons (Fsp3) is 0.833. The lowest BCUT2D eigenvalue weighted by molar-refractivity contribution is -0.0922. The molecule has 8 heteroatoms. The van der Waals surface area contributed by atoms with E-state index in [1.807, 2.05) is 7.05 Å². The SMILES string of the molecule is CN=C(NCCc1nnc2n1CCCCC2)NC1CC(OC)C1(C)C.I. The van der Waals surface area contributed by atoms with E-state index in [1.165, 1.54) is 19.3 Å². The first kappa shape index (κ1) is 21.4. The van der Waals surface area contributed by atoms with Gasteiger partial charge in [-0.1, -0.05) is 20.3 Å². The predicted molar refractivity (Wildman–Crippen MR) is 114 cm³/mol. The Balaban J connectivity index is 0.00000243. The summed E-state index contributed by atoms with van der Waals surface area (Å²) in [5.74, 6) is 3.09. The molecule has 2 aliphatic rings. The zero-order chi connectivity index (χ0) is 17.9. The number of hydrogen-bond acceptors (Lipinski definition) is 4. The summed E-state index contributed by atoms with van der Waals surface area (Å²) in [5, 5.41) is 15.7. The summed E-state index contributed by atoms with van der Waals surface area (Å²) in [6.45, 7) is 6.33. The van der Waals surface area contributed by atoms with Crippen LogP contribution in [0.4, 0.5) is 0 Å². The maximum atomic E-state index is 5.52. The number of nitrogens with one attached hydrogen (secondary N) is 2. The fourth-order valence-electron chi connectivity index (χ4n) is 3.91. The molecule has 1 saturated carbocycles. The normalized spacial score (nSPS) is 24.7. The number of nitrogens with zero attached hydrogens (tertiary/aromatic N) is 4. The predicted octanol–water partition coefficient (Wildman–Crippen LogP) is 2.14. The second kappa shape index (κ2) is 9.34. The number of aliphatic imine (C=N–C) groups is 1. The van der Waals surface area contributed by atoms with Gasteiger partial charge >= 0.3 is 0 Å². The van der Waals surface area contributed by atoms with E-state index in [-0.39, 0.29) is 29.4 Å². The van der Waals surface area contributed by atoms with Gasteiger partial charge in [0.2, 0.25) is 0 Å². The lowest BCUT2D eigenvalue weighted by Crippen LogP contribution is -2.63. The van der Waals surface area contributed by atoms with Crippen LogP contribution >= 0.6 is 24.0 Å². The number of guanidine groups is 1. The summed E-state index contributed by atoms with van der Waals surface area (Å²) in [4.78, 5) is 4.36. The average molecular weight is 476 g/mol. The highest BCUT2D eigenvalue weighted by molar-refractivity contribution is 14.0. The number of aryl methyl sites for hydroxylation is 1. The van der Waals surface area contributed by atoms with Gasteiger partial charge < -0.3 is 19.9 Å². The van der Waals surface area contributed by atoms with E-state index in [2.05, 4.69) is 44.2 Å². The first-order valence-corrected chi connectivity index (χ1v) is 9.47. The van der Waals surface area contributed by atoms with Gasteiger partial charge in [-0.2, -0.15) is 0 Å². The van der Waals surface area contributed by atoms with E-state index in [1.54, 1.807) is 7.11 Å². The molecule has 1 aromatic heterocycles. The van der Waals surface area contributed by atoms with Crippen LogP contribution < -0.4 is 10.6 Å². The minimum absolute atomic E-state index is 0. The number of rotatable bonds is 5. The molecule has 1 aromatic rings. The van der Waals surface area contributed by atoms with Gasteiger partial charge in [0.25, 0.3) is 0 Å². The first-order chi connectivity index (χ1) is 12.1. The van der Waals surface area contributed by atoms with Crippen molar-refractivity contribution >= 4 is 29.9 Å². The molecule has 1 aliphatic carbocycles. The maximum Gasteiger partial charge on any atom is 0.191 e. The van der Waals surface area contributed by atoms with Crippen molar-refractivity contribution in [3.05, 3.63) is 11.6 Å². The van der Waals surface area contributed by atoms with Gasteiger partial charge in [-0.05, 0) is 19.3 Å². The Morgan fingerprint density at radius 2 is 2.12 bits per heavy atom. The van der Waals surface area contributed by atoms with Gasteiger partial charge in [-0.15, -0.1) is 34.2 Å². The molecular formula is C18H33IN6O. The van der Waals surface area contributed by atoms with Crippen LogP contribution in [0.1, 0.15) is 51.2 Å². The fourth-order valence-corrected chi connectivity index (χ4v) is 3.91. The third-order valence-corrected chi connectivity index (χ3v) is 5.82. The molecule has 3 rings (SSSR count). The number of halogens is 1. The van der Waals surface area contributed by atoms with Crippen molar-refractivity contribution in [1.82, 2.24) is 25.4 Å². The van der Waals surface area contributed by atoms with Crippen LogP contribution in [0.2, 0.25) is 0 Å². The molecule has 0 radical (unpaired) electrons. The quantitative estimate of drug-likeness (QED) is 0.387. The molecule has 2 atom stereocenters. The van der Waals surface area contributed by atoms with Crippen LogP contribution in [-0.2, 0) is 24.1 Å². The molecule has 1 aliphatic heterocycles. The Bertz CT molecular complexity index is 615.